The Morgan fingerprint density at radius 1 is 1.00 bits per heavy atom. The zero-order valence-corrected chi connectivity index (χ0v) is 15.8. The van der Waals surface area contributed by atoms with E-state index >= 15 is 0 Å². The molecule has 128 valence electrons. The van der Waals surface area contributed by atoms with Gasteiger partial charge in [0.25, 0.3) is 0 Å². The molecule has 2 saturated heterocycles. The standard InChI is InChI=1S/C21H31BN2/c1-15-21(8-10-23-11-9-21)17-12-16(6-7-18(17)24-15)22-13-19(2,3)20(4,5)14-22/h6-7,12,23-24H,1,8-11,13-14H2,2-5H3. The fraction of sp³-hybridized carbons (Fsp3) is 0.619. The largest absolute Gasteiger partial charge is 0.358 e. The van der Waals surface area contributed by atoms with Gasteiger partial charge >= 0.3 is 0 Å². The van der Waals surface area contributed by atoms with Crippen molar-refractivity contribution in [1.29, 1.82) is 0 Å². The Labute approximate surface area is 147 Å². The zero-order valence-electron chi connectivity index (χ0n) is 15.8. The van der Waals surface area contributed by atoms with Gasteiger partial charge in [-0.2, -0.15) is 0 Å². The second kappa shape index (κ2) is 5.14. The second-order valence-corrected chi connectivity index (χ2v) is 9.61. The Kier molecular flexibility index (Phi) is 3.48. The van der Waals surface area contributed by atoms with Gasteiger partial charge < -0.3 is 10.6 Å². The topological polar surface area (TPSA) is 24.1 Å². The third kappa shape index (κ3) is 2.20. The summed E-state index contributed by atoms with van der Waals surface area (Å²) in [6.07, 6.45) is 4.91. The molecule has 0 bridgehead atoms. The van der Waals surface area contributed by atoms with Gasteiger partial charge in [-0.3, -0.25) is 0 Å². The fourth-order valence-corrected chi connectivity index (χ4v) is 5.28. The maximum Gasteiger partial charge on any atom is 0.176 e. The highest BCUT2D eigenvalue weighted by atomic mass is 15.0. The molecule has 2 fully saturated rings. The van der Waals surface area contributed by atoms with Gasteiger partial charge in [0.2, 0.25) is 0 Å². The van der Waals surface area contributed by atoms with Gasteiger partial charge in [-0.1, -0.05) is 64.5 Å². The third-order valence-corrected chi connectivity index (χ3v) is 7.70. The Morgan fingerprint density at radius 3 is 2.25 bits per heavy atom. The van der Waals surface area contributed by atoms with Crippen LogP contribution in [0.3, 0.4) is 0 Å². The van der Waals surface area contributed by atoms with Crippen LogP contribution in [0.5, 0.6) is 0 Å². The van der Waals surface area contributed by atoms with Crippen LogP contribution in [0.25, 0.3) is 0 Å². The molecule has 3 heterocycles. The van der Waals surface area contributed by atoms with E-state index in [4.69, 9.17) is 0 Å². The summed E-state index contributed by atoms with van der Waals surface area (Å²) in [6, 6.07) is 7.19. The van der Waals surface area contributed by atoms with Crippen molar-refractivity contribution in [3.8, 4) is 0 Å². The van der Waals surface area contributed by atoms with E-state index in [2.05, 4.69) is 63.1 Å². The molecule has 0 aromatic heterocycles. The molecule has 1 aromatic rings. The normalized spacial score (nSPS) is 26.5. The van der Waals surface area contributed by atoms with E-state index in [1.165, 1.54) is 29.6 Å². The maximum absolute atomic E-state index is 4.38. The zero-order chi connectivity index (χ0) is 17.2. The minimum Gasteiger partial charge on any atom is -0.358 e. The van der Waals surface area contributed by atoms with E-state index in [0.29, 0.717) is 17.5 Å². The highest BCUT2D eigenvalue weighted by molar-refractivity contribution is 6.74. The van der Waals surface area contributed by atoms with E-state index in [1.807, 2.05) is 0 Å². The van der Waals surface area contributed by atoms with Gasteiger partial charge in [-0.15, -0.1) is 0 Å². The molecule has 3 aliphatic heterocycles. The van der Waals surface area contributed by atoms with Crippen LogP contribution >= 0.6 is 0 Å². The van der Waals surface area contributed by atoms with Gasteiger partial charge in [-0.25, -0.2) is 0 Å². The fourth-order valence-electron chi connectivity index (χ4n) is 5.28. The Balaban J connectivity index is 1.71. The molecule has 0 radical (unpaired) electrons. The molecule has 2 nitrogen and oxygen atoms in total. The van der Waals surface area contributed by atoms with Crippen molar-refractivity contribution in [3.63, 3.8) is 0 Å². The summed E-state index contributed by atoms with van der Waals surface area (Å²) in [5.74, 6) is 0. The molecule has 24 heavy (non-hydrogen) atoms. The molecule has 3 aliphatic rings. The van der Waals surface area contributed by atoms with Crippen LogP contribution in [0, 0.1) is 10.8 Å². The molecule has 2 N–H and O–H groups in total. The summed E-state index contributed by atoms with van der Waals surface area (Å²) in [5, 5.41) is 7.10. The SMILES string of the molecule is C=C1Nc2ccc(B3CC(C)(C)C(C)(C)C3)cc2C12CCNCC2. The van der Waals surface area contributed by atoms with Crippen molar-refractivity contribution in [1.82, 2.24) is 5.32 Å². The molecule has 0 atom stereocenters. The van der Waals surface area contributed by atoms with Crippen LogP contribution in [-0.4, -0.2) is 19.8 Å². The quantitative estimate of drug-likeness (QED) is 0.763. The lowest BCUT2D eigenvalue weighted by Gasteiger charge is -2.35. The van der Waals surface area contributed by atoms with Crippen molar-refractivity contribution in [2.24, 2.45) is 10.8 Å². The minimum absolute atomic E-state index is 0.153. The van der Waals surface area contributed by atoms with Crippen LogP contribution in [0.2, 0.25) is 12.6 Å². The minimum atomic E-state index is 0.153. The number of hydrogen-bond acceptors (Lipinski definition) is 2. The Hall–Kier alpha value is -1.22. The Morgan fingerprint density at radius 2 is 1.62 bits per heavy atom. The molecule has 0 unspecified atom stereocenters. The molecule has 0 amide bonds. The summed E-state index contributed by atoms with van der Waals surface area (Å²) in [6.45, 7) is 17.0. The average molecular weight is 322 g/mol. The van der Waals surface area contributed by atoms with E-state index in [-0.39, 0.29) is 5.41 Å². The van der Waals surface area contributed by atoms with E-state index in [0.717, 1.165) is 25.9 Å². The van der Waals surface area contributed by atoms with Gasteiger partial charge in [-0.05, 0) is 48.4 Å². The number of nitrogens with one attached hydrogen (secondary N) is 2. The molecular weight excluding hydrogens is 291 g/mol. The predicted octanol–water partition coefficient (Wildman–Crippen LogP) is 4.01. The molecule has 1 spiro atoms. The lowest BCUT2D eigenvalue weighted by atomic mass is 9.42. The maximum atomic E-state index is 4.38. The summed E-state index contributed by atoms with van der Waals surface area (Å²) < 4.78 is 0. The molecule has 0 saturated carbocycles. The molecule has 4 rings (SSSR count). The second-order valence-electron chi connectivity index (χ2n) is 9.61. The number of hydrogen-bond donors (Lipinski definition) is 2. The van der Waals surface area contributed by atoms with E-state index in [1.54, 1.807) is 5.46 Å². The van der Waals surface area contributed by atoms with E-state index < -0.39 is 0 Å². The highest BCUT2D eigenvalue weighted by Gasteiger charge is 2.49. The number of anilines is 1. The molecular formula is C21H31BN2. The smallest absolute Gasteiger partial charge is 0.176 e. The number of fused-ring (bicyclic) bond motifs is 2. The van der Waals surface area contributed by atoms with Crippen LogP contribution in [0.15, 0.2) is 30.5 Å². The summed E-state index contributed by atoms with van der Waals surface area (Å²) in [7, 11) is 0. The van der Waals surface area contributed by atoms with Crippen molar-refractivity contribution in [2.45, 2.75) is 58.6 Å². The van der Waals surface area contributed by atoms with Crippen LogP contribution in [0.4, 0.5) is 5.69 Å². The van der Waals surface area contributed by atoms with Crippen LogP contribution < -0.4 is 16.1 Å². The van der Waals surface area contributed by atoms with Crippen LogP contribution in [0.1, 0.15) is 46.1 Å². The first kappa shape index (κ1) is 16.3. The summed E-state index contributed by atoms with van der Waals surface area (Å²) in [4.78, 5) is 0. The first-order chi connectivity index (χ1) is 11.3. The van der Waals surface area contributed by atoms with Gasteiger partial charge in [0.15, 0.2) is 6.71 Å². The number of benzene rings is 1. The average Bonchev–Trinajstić information content (AvgIpc) is 2.91. The Bertz CT molecular complexity index is 667. The molecule has 1 aromatic carbocycles. The lowest BCUT2D eigenvalue weighted by molar-refractivity contribution is 0.177. The van der Waals surface area contributed by atoms with Gasteiger partial charge in [0.05, 0.1) is 0 Å². The number of allylic oxidation sites excluding steroid dienone is 1. The first-order valence-electron chi connectivity index (χ1n) is 9.57. The number of piperidine rings is 1. The summed E-state index contributed by atoms with van der Waals surface area (Å²) >= 11 is 0. The van der Waals surface area contributed by atoms with Crippen molar-refractivity contribution < 1.29 is 0 Å². The monoisotopic (exact) mass is 322 g/mol. The van der Waals surface area contributed by atoms with Gasteiger partial charge in [0.1, 0.15) is 0 Å². The molecule has 0 aliphatic carbocycles. The third-order valence-electron chi connectivity index (χ3n) is 7.70. The lowest BCUT2D eigenvalue weighted by Crippen LogP contribution is -2.40. The van der Waals surface area contributed by atoms with Crippen LogP contribution in [-0.2, 0) is 5.41 Å². The van der Waals surface area contributed by atoms with Crippen molar-refractivity contribution in [2.75, 3.05) is 18.4 Å². The molecule has 3 heteroatoms. The predicted molar refractivity (Wildman–Crippen MR) is 106 cm³/mol. The van der Waals surface area contributed by atoms with Crippen molar-refractivity contribution >= 4 is 17.9 Å². The first-order valence-corrected chi connectivity index (χ1v) is 9.57. The summed E-state index contributed by atoms with van der Waals surface area (Å²) in [5.41, 5.74) is 6.53. The highest BCUT2D eigenvalue weighted by Crippen LogP contribution is 2.53. The van der Waals surface area contributed by atoms with E-state index in [9.17, 15) is 0 Å². The van der Waals surface area contributed by atoms with Gasteiger partial charge in [0, 0.05) is 16.8 Å². The number of rotatable bonds is 1. The van der Waals surface area contributed by atoms with Crippen molar-refractivity contribution in [3.05, 3.63) is 36.0 Å².